The maximum absolute atomic E-state index is 9.64. The van der Waals surface area contributed by atoms with Crippen molar-refractivity contribution in [3.63, 3.8) is 0 Å². The minimum Gasteiger partial charge on any atom is -0.497 e. The number of aliphatic hydroxyl groups is 1. The first kappa shape index (κ1) is 13.5. The molecule has 0 fully saturated rings. The summed E-state index contributed by atoms with van der Waals surface area (Å²) in [5.74, 6) is 1.15. The van der Waals surface area contributed by atoms with Crippen molar-refractivity contribution in [3.05, 3.63) is 28.2 Å². The minimum atomic E-state index is -0.275. The summed E-state index contributed by atoms with van der Waals surface area (Å²) in [5, 5.41) is 9.64. The fraction of sp³-hybridized carbons (Fsp3) is 0.538. The summed E-state index contributed by atoms with van der Waals surface area (Å²) in [6, 6.07) is 5.94. The number of benzene rings is 1. The predicted molar refractivity (Wildman–Crippen MR) is 69.9 cm³/mol. The highest BCUT2D eigenvalue weighted by molar-refractivity contribution is 9.10. The molecule has 0 aliphatic carbocycles. The summed E-state index contributed by atoms with van der Waals surface area (Å²) in [6.45, 7) is 3.95. The normalized spacial score (nSPS) is 14.6. The van der Waals surface area contributed by atoms with Crippen LogP contribution in [0.3, 0.4) is 0 Å². The van der Waals surface area contributed by atoms with E-state index >= 15 is 0 Å². The maximum atomic E-state index is 9.64. The zero-order valence-electron chi connectivity index (χ0n) is 10.0. The quantitative estimate of drug-likeness (QED) is 0.899. The molecule has 2 nitrogen and oxygen atoms in total. The van der Waals surface area contributed by atoms with Crippen LogP contribution in [0.2, 0.25) is 0 Å². The Hall–Kier alpha value is -0.540. The van der Waals surface area contributed by atoms with Gasteiger partial charge in [0, 0.05) is 4.47 Å². The number of halogens is 1. The molecule has 0 aromatic heterocycles. The molecular formula is C13H19BrO2. The van der Waals surface area contributed by atoms with Gasteiger partial charge < -0.3 is 9.84 Å². The van der Waals surface area contributed by atoms with Gasteiger partial charge in [0.1, 0.15) is 5.75 Å². The smallest absolute Gasteiger partial charge is 0.119 e. The molecule has 2 unspecified atom stereocenters. The Morgan fingerprint density at radius 2 is 2.12 bits per heavy atom. The Morgan fingerprint density at radius 1 is 1.44 bits per heavy atom. The lowest BCUT2D eigenvalue weighted by Crippen LogP contribution is -2.18. The Labute approximate surface area is 106 Å². The van der Waals surface area contributed by atoms with Gasteiger partial charge in [-0.2, -0.15) is 0 Å². The molecule has 90 valence electrons. The van der Waals surface area contributed by atoms with E-state index in [1.807, 2.05) is 25.1 Å². The largest absolute Gasteiger partial charge is 0.497 e. The third kappa shape index (κ3) is 3.49. The number of aliphatic hydroxyl groups excluding tert-OH is 1. The van der Waals surface area contributed by atoms with E-state index in [0.29, 0.717) is 5.92 Å². The molecule has 2 atom stereocenters. The van der Waals surface area contributed by atoms with Gasteiger partial charge in [-0.05, 0) is 43.0 Å². The molecule has 1 rings (SSSR count). The van der Waals surface area contributed by atoms with Gasteiger partial charge in [0.05, 0.1) is 13.2 Å². The molecule has 0 saturated heterocycles. The van der Waals surface area contributed by atoms with Crippen LogP contribution in [-0.2, 0) is 6.42 Å². The molecule has 0 radical (unpaired) electrons. The van der Waals surface area contributed by atoms with Crippen LogP contribution < -0.4 is 4.74 Å². The van der Waals surface area contributed by atoms with Crippen LogP contribution in [0.15, 0.2) is 22.7 Å². The van der Waals surface area contributed by atoms with Crippen molar-refractivity contribution in [1.82, 2.24) is 0 Å². The van der Waals surface area contributed by atoms with Crippen LogP contribution in [-0.4, -0.2) is 18.3 Å². The summed E-state index contributed by atoms with van der Waals surface area (Å²) < 4.78 is 6.28. The maximum Gasteiger partial charge on any atom is 0.119 e. The van der Waals surface area contributed by atoms with Crippen LogP contribution in [0.4, 0.5) is 0 Å². The average Bonchev–Trinajstić information content (AvgIpc) is 2.27. The lowest BCUT2D eigenvalue weighted by atomic mass is 9.92. The van der Waals surface area contributed by atoms with Gasteiger partial charge in [-0.1, -0.05) is 29.3 Å². The molecule has 1 aromatic carbocycles. The van der Waals surface area contributed by atoms with E-state index < -0.39 is 0 Å². The summed E-state index contributed by atoms with van der Waals surface area (Å²) in [6.07, 6.45) is 1.57. The first-order chi connectivity index (χ1) is 7.58. The first-order valence-electron chi connectivity index (χ1n) is 5.59. The fourth-order valence-electron chi connectivity index (χ4n) is 1.77. The highest BCUT2D eigenvalue weighted by Gasteiger charge is 2.15. The summed E-state index contributed by atoms with van der Waals surface area (Å²) >= 11 is 3.53. The lowest BCUT2D eigenvalue weighted by Gasteiger charge is -2.19. The van der Waals surface area contributed by atoms with Crippen molar-refractivity contribution >= 4 is 15.9 Å². The Balaban J connectivity index is 2.86. The summed E-state index contributed by atoms with van der Waals surface area (Å²) in [5.41, 5.74) is 1.19. The second-order valence-corrected chi connectivity index (χ2v) is 4.92. The predicted octanol–water partition coefficient (Wildman–Crippen LogP) is 3.41. The number of rotatable bonds is 5. The van der Waals surface area contributed by atoms with Crippen LogP contribution in [0, 0.1) is 5.92 Å². The lowest BCUT2D eigenvalue weighted by molar-refractivity contribution is 0.123. The van der Waals surface area contributed by atoms with Gasteiger partial charge in [-0.3, -0.25) is 0 Å². The minimum absolute atomic E-state index is 0.275. The second-order valence-electron chi connectivity index (χ2n) is 4.07. The third-order valence-corrected chi connectivity index (χ3v) is 3.72. The van der Waals surface area contributed by atoms with E-state index in [2.05, 4.69) is 22.9 Å². The van der Waals surface area contributed by atoms with E-state index in [9.17, 15) is 5.11 Å². The molecule has 3 heteroatoms. The number of ether oxygens (including phenoxy) is 1. The molecule has 0 saturated carbocycles. The molecule has 1 N–H and O–H groups in total. The molecule has 0 amide bonds. The van der Waals surface area contributed by atoms with Crippen LogP contribution in [0.5, 0.6) is 5.75 Å². The van der Waals surface area contributed by atoms with Crippen molar-refractivity contribution in [2.24, 2.45) is 5.92 Å². The molecule has 0 aliphatic heterocycles. The van der Waals surface area contributed by atoms with E-state index in [4.69, 9.17) is 4.74 Å². The molecule has 1 aromatic rings. The Bertz CT molecular complexity index is 337. The monoisotopic (exact) mass is 286 g/mol. The summed E-state index contributed by atoms with van der Waals surface area (Å²) in [7, 11) is 1.67. The fourth-order valence-corrected chi connectivity index (χ4v) is 2.18. The standard InChI is InChI=1S/C13H19BrO2/c1-4-10(9(2)15)7-11-8-12(16-3)5-6-13(11)14/h5-6,8-10,15H,4,7H2,1-3H3. The second kappa shape index (κ2) is 6.26. The molecule has 0 bridgehead atoms. The van der Waals surface area contributed by atoms with Gasteiger partial charge in [-0.25, -0.2) is 0 Å². The topological polar surface area (TPSA) is 29.5 Å². The highest BCUT2D eigenvalue weighted by atomic mass is 79.9. The van der Waals surface area contributed by atoms with Crippen molar-refractivity contribution in [2.75, 3.05) is 7.11 Å². The summed E-state index contributed by atoms with van der Waals surface area (Å²) in [4.78, 5) is 0. The van der Waals surface area contributed by atoms with Gasteiger partial charge in [0.15, 0.2) is 0 Å². The number of hydrogen-bond acceptors (Lipinski definition) is 2. The van der Waals surface area contributed by atoms with E-state index in [1.165, 1.54) is 5.56 Å². The zero-order valence-corrected chi connectivity index (χ0v) is 11.6. The van der Waals surface area contributed by atoms with Crippen molar-refractivity contribution in [2.45, 2.75) is 32.8 Å². The van der Waals surface area contributed by atoms with Gasteiger partial charge in [0.2, 0.25) is 0 Å². The van der Waals surface area contributed by atoms with Crippen LogP contribution in [0.25, 0.3) is 0 Å². The van der Waals surface area contributed by atoms with Crippen molar-refractivity contribution in [3.8, 4) is 5.75 Å². The molecule has 0 aliphatic rings. The van der Waals surface area contributed by atoms with E-state index in [1.54, 1.807) is 7.11 Å². The van der Waals surface area contributed by atoms with E-state index in [0.717, 1.165) is 23.1 Å². The molecule has 0 heterocycles. The Morgan fingerprint density at radius 3 is 2.62 bits per heavy atom. The van der Waals surface area contributed by atoms with E-state index in [-0.39, 0.29) is 6.10 Å². The van der Waals surface area contributed by atoms with Gasteiger partial charge in [-0.15, -0.1) is 0 Å². The number of hydrogen-bond donors (Lipinski definition) is 1. The average molecular weight is 287 g/mol. The molecular weight excluding hydrogens is 268 g/mol. The molecule has 0 spiro atoms. The van der Waals surface area contributed by atoms with Gasteiger partial charge >= 0.3 is 0 Å². The highest BCUT2D eigenvalue weighted by Crippen LogP contribution is 2.26. The first-order valence-corrected chi connectivity index (χ1v) is 6.38. The zero-order chi connectivity index (χ0) is 12.1. The number of methoxy groups -OCH3 is 1. The third-order valence-electron chi connectivity index (χ3n) is 2.94. The van der Waals surface area contributed by atoms with Gasteiger partial charge in [0.25, 0.3) is 0 Å². The molecule has 16 heavy (non-hydrogen) atoms. The Kier molecular flexibility index (Phi) is 5.29. The van der Waals surface area contributed by atoms with Crippen molar-refractivity contribution in [1.29, 1.82) is 0 Å². The van der Waals surface area contributed by atoms with Crippen LogP contribution >= 0.6 is 15.9 Å². The van der Waals surface area contributed by atoms with Crippen molar-refractivity contribution < 1.29 is 9.84 Å². The van der Waals surface area contributed by atoms with Crippen LogP contribution in [0.1, 0.15) is 25.8 Å². The SMILES string of the molecule is CCC(Cc1cc(OC)ccc1Br)C(C)O.